The normalized spacial score (nSPS) is 13.7. The van der Waals surface area contributed by atoms with Crippen LogP contribution in [-0.4, -0.2) is 37.6 Å². The van der Waals surface area contributed by atoms with Crippen molar-refractivity contribution in [2.24, 2.45) is 0 Å². The molecule has 2 aromatic heterocycles. The molecule has 0 bridgehead atoms. The highest BCUT2D eigenvalue weighted by Gasteiger charge is 2.30. The Balaban J connectivity index is 1.90. The van der Waals surface area contributed by atoms with Crippen LogP contribution in [-0.2, 0) is 6.54 Å². The Morgan fingerprint density at radius 2 is 2.28 bits per heavy atom. The SMILES string of the molecule is CC(O)NCCn1nc2c3c(c([N+](=O)[O-])ccc31)Sc1ncccc1-2. The number of aliphatic hydroxyl groups excluding tert-OH is 1. The van der Waals surface area contributed by atoms with E-state index in [-0.39, 0.29) is 10.6 Å². The summed E-state index contributed by atoms with van der Waals surface area (Å²) in [4.78, 5) is 16.0. The molecular formula is C16H15N5O3S. The molecule has 1 aromatic carbocycles. The highest BCUT2D eigenvalue weighted by atomic mass is 32.2. The van der Waals surface area contributed by atoms with E-state index in [1.807, 2.05) is 16.8 Å². The van der Waals surface area contributed by atoms with E-state index in [4.69, 9.17) is 0 Å². The Hall–Kier alpha value is -2.49. The van der Waals surface area contributed by atoms with E-state index >= 15 is 0 Å². The van der Waals surface area contributed by atoms with Crippen molar-refractivity contribution < 1.29 is 10.0 Å². The van der Waals surface area contributed by atoms with Crippen molar-refractivity contribution in [2.45, 2.75) is 29.6 Å². The van der Waals surface area contributed by atoms with Gasteiger partial charge in [0, 0.05) is 29.8 Å². The number of hydrogen-bond donors (Lipinski definition) is 2. The third kappa shape index (κ3) is 2.66. The molecule has 0 saturated carbocycles. The second-order valence-corrected chi connectivity index (χ2v) is 6.72. The van der Waals surface area contributed by atoms with Gasteiger partial charge in [-0.15, -0.1) is 0 Å². The third-order valence-electron chi connectivity index (χ3n) is 4.04. The van der Waals surface area contributed by atoms with Crippen molar-refractivity contribution in [2.75, 3.05) is 6.54 Å². The highest BCUT2D eigenvalue weighted by Crippen LogP contribution is 2.49. The first-order valence-electron chi connectivity index (χ1n) is 7.79. The standard InChI is InChI=1S/C16H15N5O3S/c1-9(22)17-7-8-20-11-4-5-12(21(23)24)15-13(11)14(19-20)10-3-2-6-18-16(10)25-15/h2-6,9,17,22H,7-8H2,1H3. The van der Waals surface area contributed by atoms with Gasteiger partial charge in [-0.2, -0.15) is 5.10 Å². The van der Waals surface area contributed by atoms with Gasteiger partial charge in [0.15, 0.2) is 0 Å². The second-order valence-electron chi connectivity index (χ2n) is 5.73. The molecule has 1 aliphatic heterocycles. The smallest absolute Gasteiger partial charge is 0.284 e. The predicted octanol–water partition coefficient (Wildman–Crippen LogP) is 2.40. The zero-order chi connectivity index (χ0) is 17.6. The topological polar surface area (TPSA) is 106 Å². The fourth-order valence-electron chi connectivity index (χ4n) is 2.96. The number of nitrogens with zero attached hydrogens (tertiary/aromatic N) is 4. The summed E-state index contributed by atoms with van der Waals surface area (Å²) in [5.74, 6) is 0. The van der Waals surface area contributed by atoms with Gasteiger partial charge in [0.1, 0.15) is 21.8 Å². The molecule has 8 nitrogen and oxygen atoms in total. The molecule has 1 unspecified atom stereocenters. The fourth-order valence-corrected chi connectivity index (χ4v) is 4.10. The number of rotatable bonds is 5. The Kier molecular flexibility index (Phi) is 3.91. The molecule has 4 rings (SSSR count). The number of pyridine rings is 1. The van der Waals surface area contributed by atoms with Crippen LogP contribution >= 0.6 is 11.8 Å². The van der Waals surface area contributed by atoms with Gasteiger partial charge in [-0.1, -0.05) is 11.8 Å². The predicted molar refractivity (Wildman–Crippen MR) is 93.4 cm³/mol. The van der Waals surface area contributed by atoms with Gasteiger partial charge in [0.25, 0.3) is 5.69 Å². The van der Waals surface area contributed by atoms with Gasteiger partial charge >= 0.3 is 0 Å². The summed E-state index contributed by atoms with van der Waals surface area (Å²) in [5.41, 5.74) is 2.50. The highest BCUT2D eigenvalue weighted by molar-refractivity contribution is 7.99. The largest absolute Gasteiger partial charge is 0.379 e. The molecule has 3 heterocycles. The number of benzene rings is 1. The van der Waals surface area contributed by atoms with E-state index in [9.17, 15) is 15.2 Å². The zero-order valence-corrected chi connectivity index (χ0v) is 14.2. The number of aliphatic hydroxyl groups is 1. The molecule has 1 aliphatic rings. The monoisotopic (exact) mass is 357 g/mol. The van der Waals surface area contributed by atoms with Gasteiger partial charge in [-0.25, -0.2) is 4.98 Å². The number of nitrogens with one attached hydrogen (secondary N) is 1. The van der Waals surface area contributed by atoms with E-state index in [1.54, 1.807) is 19.2 Å². The molecule has 9 heteroatoms. The minimum absolute atomic E-state index is 0.0664. The number of nitro groups is 1. The lowest BCUT2D eigenvalue weighted by Crippen LogP contribution is -2.29. The molecule has 25 heavy (non-hydrogen) atoms. The molecule has 3 aromatic rings. The Morgan fingerprint density at radius 1 is 1.44 bits per heavy atom. The molecule has 0 saturated heterocycles. The maximum Gasteiger partial charge on any atom is 0.284 e. The number of nitro benzene ring substituents is 1. The van der Waals surface area contributed by atoms with Crippen LogP contribution in [0.4, 0.5) is 5.69 Å². The van der Waals surface area contributed by atoms with Crippen molar-refractivity contribution in [1.82, 2.24) is 20.1 Å². The Bertz CT molecular complexity index is 985. The van der Waals surface area contributed by atoms with Gasteiger partial charge in [-0.3, -0.25) is 20.1 Å². The lowest BCUT2D eigenvalue weighted by molar-refractivity contribution is -0.387. The van der Waals surface area contributed by atoms with E-state index in [0.29, 0.717) is 23.7 Å². The van der Waals surface area contributed by atoms with Crippen LogP contribution in [0.5, 0.6) is 0 Å². The summed E-state index contributed by atoms with van der Waals surface area (Å²) < 4.78 is 1.82. The lowest BCUT2D eigenvalue weighted by atomic mass is 10.1. The molecular weight excluding hydrogens is 342 g/mol. The van der Waals surface area contributed by atoms with Crippen molar-refractivity contribution in [3.8, 4) is 11.3 Å². The fraction of sp³-hybridized carbons (Fsp3) is 0.250. The average Bonchev–Trinajstić information content (AvgIpc) is 2.95. The van der Waals surface area contributed by atoms with Gasteiger partial charge in [0.2, 0.25) is 0 Å². The molecule has 0 aliphatic carbocycles. The van der Waals surface area contributed by atoms with Crippen LogP contribution in [0.2, 0.25) is 0 Å². The first-order chi connectivity index (χ1) is 12.1. The van der Waals surface area contributed by atoms with Crippen molar-refractivity contribution >= 4 is 28.4 Å². The van der Waals surface area contributed by atoms with Gasteiger partial charge in [0.05, 0.1) is 17.0 Å². The van der Waals surface area contributed by atoms with Crippen molar-refractivity contribution in [3.63, 3.8) is 0 Å². The summed E-state index contributed by atoms with van der Waals surface area (Å²) in [7, 11) is 0. The second kappa shape index (κ2) is 6.10. The summed E-state index contributed by atoms with van der Waals surface area (Å²) in [6.45, 7) is 2.73. The summed E-state index contributed by atoms with van der Waals surface area (Å²) in [6, 6.07) is 7.01. The molecule has 1 atom stereocenters. The molecule has 0 radical (unpaired) electrons. The first kappa shape index (κ1) is 16.0. The van der Waals surface area contributed by atoms with Crippen molar-refractivity contribution in [1.29, 1.82) is 0 Å². The Morgan fingerprint density at radius 3 is 3.04 bits per heavy atom. The molecule has 0 spiro atoms. The number of aromatic nitrogens is 3. The molecule has 128 valence electrons. The Labute approximate surface area is 147 Å². The van der Waals surface area contributed by atoms with Gasteiger partial charge < -0.3 is 5.11 Å². The van der Waals surface area contributed by atoms with Crippen LogP contribution in [0.25, 0.3) is 22.2 Å². The maximum absolute atomic E-state index is 11.4. The lowest BCUT2D eigenvalue weighted by Gasteiger charge is -2.13. The average molecular weight is 357 g/mol. The van der Waals surface area contributed by atoms with Gasteiger partial charge in [-0.05, 0) is 25.1 Å². The zero-order valence-electron chi connectivity index (χ0n) is 13.3. The quantitative estimate of drug-likeness (QED) is 0.321. The molecule has 0 amide bonds. The van der Waals surface area contributed by atoms with E-state index in [0.717, 1.165) is 21.5 Å². The summed E-state index contributed by atoms with van der Waals surface area (Å²) >= 11 is 1.31. The summed E-state index contributed by atoms with van der Waals surface area (Å²) in [5, 5.41) is 29.9. The number of hydrogen-bond acceptors (Lipinski definition) is 7. The van der Waals surface area contributed by atoms with E-state index < -0.39 is 6.23 Å². The minimum atomic E-state index is -0.603. The molecule has 2 N–H and O–H groups in total. The molecule has 0 fully saturated rings. The van der Waals surface area contributed by atoms with Crippen LogP contribution in [0, 0.1) is 10.1 Å². The van der Waals surface area contributed by atoms with Crippen LogP contribution in [0.15, 0.2) is 40.4 Å². The maximum atomic E-state index is 11.4. The van der Waals surface area contributed by atoms with E-state index in [2.05, 4.69) is 15.4 Å². The van der Waals surface area contributed by atoms with Crippen LogP contribution in [0.3, 0.4) is 0 Å². The van der Waals surface area contributed by atoms with Crippen LogP contribution in [0.1, 0.15) is 6.92 Å². The number of fused-ring (bicyclic) bond motifs is 2. The third-order valence-corrected chi connectivity index (χ3v) is 5.17. The first-order valence-corrected chi connectivity index (χ1v) is 8.60. The van der Waals surface area contributed by atoms with E-state index in [1.165, 1.54) is 17.8 Å². The van der Waals surface area contributed by atoms with Crippen molar-refractivity contribution in [3.05, 3.63) is 40.6 Å². The minimum Gasteiger partial charge on any atom is -0.379 e. The summed E-state index contributed by atoms with van der Waals surface area (Å²) in [6.07, 6.45) is 1.07. The van der Waals surface area contributed by atoms with Crippen LogP contribution < -0.4 is 5.32 Å².